The maximum absolute atomic E-state index is 5.91. The smallest absolute Gasteiger partial charge is 0.197 e. The first-order valence-corrected chi connectivity index (χ1v) is 8.50. The number of fused-ring (bicyclic) bond motifs is 2. The van der Waals surface area contributed by atoms with Gasteiger partial charge in [-0.2, -0.15) is 4.37 Å². The number of hydrogen-bond acceptors (Lipinski definition) is 5. The average Bonchev–Trinajstić information content (AvgIpc) is 3.08. The van der Waals surface area contributed by atoms with E-state index in [0.717, 1.165) is 28.5 Å². The van der Waals surface area contributed by atoms with E-state index in [-0.39, 0.29) is 6.10 Å². The zero-order chi connectivity index (χ0) is 14.3. The number of anilines is 2. The van der Waals surface area contributed by atoms with E-state index >= 15 is 0 Å². The Morgan fingerprint density at radius 3 is 2.70 bits per heavy atom. The Morgan fingerprint density at radius 2 is 2.10 bits per heavy atom. The van der Waals surface area contributed by atoms with E-state index in [1.165, 1.54) is 37.2 Å². The van der Waals surface area contributed by atoms with Crippen molar-refractivity contribution in [3.63, 3.8) is 0 Å². The van der Waals surface area contributed by atoms with E-state index in [1.807, 2.05) is 13.8 Å². The summed E-state index contributed by atoms with van der Waals surface area (Å²) in [5.41, 5.74) is 5.91. The highest BCUT2D eigenvalue weighted by molar-refractivity contribution is 7.11. The maximum atomic E-state index is 5.91. The van der Waals surface area contributed by atoms with Gasteiger partial charge in [-0.05, 0) is 69.3 Å². The number of nitrogens with two attached hydrogens (primary N) is 1. The second-order valence-corrected chi connectivity index (χ2v) is 7.44. The number of ether oxygens (including phenoxy) is 1. The highest BCUT2D eigenvalue weighted by atomic mass is 32.1. The lowest BCUT2D eigenvalue weighted by molar-refractivity contribution is 0.244. The minimum Gasteiger partial charge on any atom is -0.484 e. The minimum atomic E-state index is 0.118. The topological polar surface area (TPSA) is 60.2 Å². The molecule has 2 bridgehead atoms. The first kappa shape index (κ1) is 14.0. The van der Waals surface area contributed by atoms with Crippen molar-refractivity contribution in [1.82, 2.24) is 4.37 Å². The standard InChI is InChI=1S/C15H25N3OS/c1-8(2)19-13-14(16)18-20-15(13)17-9(3)12-7-10-4-5-11(12)6-10/h8-12,17H,4-7H2,1-3H3,(H2,16,18). The lowest BCUT2D eigenvalue weighted by atomic mass is 9.84. The maximum Gasteiger partial charge on any atom is 0.197 e. The molecule has 2 saturated carbocycles. The van der Waals surface area contributed by atoms with E-state index in [0.29, 0.717) is 11.9 Å². The Hall–Kier alpha value is -0.970. The summed E-state index contributed by atoms with van der Waals surface area (Å²) < 4.78 is 10.0. The number of nitrogens with one attached hydrogen (secondary N) is 1. The summed E-state index contributed by atoms with van der Waals surface area (Å²) in [7, 11) is 0. The summed E-state index contributed by atoms with van der Waals surface area (Å²) >= 11 is 1.41. The van der Waals surface area contributed by atoms with Gasteiger partial charge in [0, 0.05) is 6.04 Å². The first-order chi connectivity index (χ1) is 9.54. The minimum absolute atomic E-state index is 0.118. The Morgan fingerprint density at radius 1 is 1.30 bits per heavy atom. The summed E-state index contributed by atoms with van der Waals surface area (Å²) in [4.78, 5) is 0. The molecule has 0 spiro atoms. The van der Waals surface area contributed by atoms with Crippen molar-refractivity contribution in [2.75, 3.05) is 11.1 Å². The second-order valence-electron chi connectivity index (χ2n) is 6.66. The van der Waals surface area contributed by atoms with Crippen LogP contribution >= 0.6 is 11.5 Å². The summed E-state index contributed by atoms with van der Waals surface area (Å²) in [5.74, 6) is 3.93. The van der Waals surface area contributed by atoms with Gasteiger partial charge in [0.25, 0.3) is 0 Å². The third-order valence-electron chi connectivity index (χ3n) is 4.82. The van der Waals surface area contributed by atoms with Crippen LogP contribution in [0.1, 0.15) is 46.5 Å². The van der Waals surface area contributed by atoms with Crippen LogP contribution in [0.2, 0.25) is 0 Å². The van der Waals surface area contributed by atoms with Crippen LogP contribution in [0.25, 0.3) is 0 Å². The van der Waals surface area contributed by atoms with Gasteiger partial charge in [-0.3, -0.25) is 0 Å². The molecule has 1 aromatic heterocycles. The summed E-state index contributed by atoms with van der Waals surface area (Å²) in [6.07, 6.45) is 5.81. The monoisotopic (exact) mass is 295 g/mol. The molecule has 0 amide bonds. The van der Waals surface area contributed by atoms with Gasteiger partial charge in [-0.15, -0.1) is 0 Å². The van der Waals surface area contributed by atoms with Crippen molar-refractivity contribution >= 4 is 22.4 Å². The summed E-state index contributed by atoms with van der Waals surface area (Å²) in [6.45, 7) is 6.32. The fraction of sp³-hybridized carbons (Fsp3) is 0.800. The predicted molar refractivity (Wildman–Crippen MR) is 84.3 cm³/mol. The lowest BCUT2D eigenvalue weighted by Gasteiger charge is -2.29. The number of hydrogen-bond donors (Lipinski definition) is 2. The van der Waals surface area contributed by atoms with Crippen molar-refractivity contribution in [1.29, 1.82) is 0 Å². The highest BCUT2D eigenvalue weighted by Gasteiger charge is 2.42. The molecule has 1 heterocycles. The second kappa shape index (κ2) is 5.43. The van der Waals surface area contributed by atoms with Crippen LogP contribution in [0.4, 0.5) is 10.8 Å². The molecule has 1 aromatic rings. The molecule has 0 aromatic carbocycles. The van der Waals surface area contributed by atoms with E-state index in [1.54, 1.807) is 0 Å². The van der Waals surface area contributed by atoms with Crippen LogP contribution in [-0.2, 0) is 0 Å². The van der Waals surface area contributed by atoms with Gasteiger partial charge in [0.2, 0.25) is 0 Å². The van der Waals surface area contributed by atoms with Crippen molar-refractivity contribution in [2.24, 2.45) is 17.8 Å². The summed E-state index contributed by atoms with van der Waals surface area (Å²) in [5, 5.41) is 4.61. The third-order valence-corrected chi connectivity index (χ3v) is 5.60. The van der Waals surface area contributed by atoms with Crippen LogP contribution in [0.5, 0.6) is 5.75 Å². The van der Waals surface area contributed by atoms with Crippen LogP contribution in [0.15, 0.2) is 0 Å². The van der Waals surface area contributed by atoms with Crippen LogP contribution in [0.3, 0.4) is 0 Å². The average molecular weight is 295 g/mol. The number of aromatic nitrogens is 1. The molecule has 0 radical (unpaired) electrons. The van der Waals surface area contributed by atoms with E-state index in [9.17, 15) is 0 Å². The quantitative estimate of drug-likeness (QED) is 0.868. The molecule has 2 fully saturated rings. The van der Waals surface area contributed by atoms with Gasteiger partial charge in [0.15, 0.2) is 16.6 Å². The Bertz CT molecular complexity index is 474. The fourth-order valence-electron chi connectivity index (χ4n) is 3.96. The molecule has 0 aliphatic heterocycles. The number of rotatable bonds is 5. The molecular weight excluding hydrogens is 270 g/mol. The normalized spacial score (nSPS) is 29.9. The first-order valence-electron chi connectivity index (χ1n) is 7.73. The molecule has 4 nitrogen and oxygen atoms in total. The lowest BCUT2D eigenvalue weighted by Crippen LogP contribution is -2.29. The van der Waals surface area contributed by atoms with Crippen molar-refractivity contribution < 1.29 is 4.74 Å². The third kappa shape index (κ3) is 2.60. The molecule has 3 rings (SSSR count). The molecule has 0 saturated heterocycles. The molecule has 4 atom stereocenters. The van der Waals surface area contributed by atoms with Crippen LogP contribution < -0.4 is 15.8 Å². The van der Waals surface area contributed by atoms with E-state index in [4.69, 9.17) is 10.5 Å². The number of nitrogen functional groups attached to an aromatic ring is 1. The predicted octanol–water partition coefficient (Wildman–Crippen LogP) is 3.75. The van der Waals surface area contributed by atoms with Crippen molar-refractivity contribution in [2.45, 2.75) is 58.6 Å². The summed E-state index contributed by atoms with van der Waals surface area (Å²) in [6, 6.07) is 0.472. The zero-order valence-electron chi connectivity index (χ0n) is 12.6. The zero-order valence-corrected chi connectivity index (χ0v) is 13.4. The SMILES string of the molecule is CC(C)Oc1c(N)nsc1NC(C)C1CC2CCC1C2. The van der Waals surface area contributed by atoms with Crippen LogP contribution in [0, 0.1) is 17.8 Å². The Balaban J connectivity index is 1.68. The Labute approximate surface area is 125 Å². The Kier molecular flexibility index (Phi) is 3.80. The van der Waals surface area contributed by atoms with Gasteiger partial charge in [0.05, 0.1) is 6.10 Å². The van der Waals surface area contributed by atoms with Gasteiger partial charge in [0.1, 0.15) is 0 Å². The van der Waals surface area contributed by atoms with Crippen molar-refractivity contribution in [3.05, 3.63) is 0 Å². The van der Waals surface area contributed by atoms with Gasteiger partial charge in [-0.1, -0.05) is 6.42 Å². The largest absolute Gasteiger partial charge is 0.484 e. The molecule has 2 aliphatic carbocycles. The number of nitrogens with zero attached hydrogens (tertiary/aromatic N) is 1. The van der Waals surface area contributed by atoms with Gasteiger partial charge >= 0.3 is 0 Å². The molecule has 112 valence electrons. The molecular formula is C15H25N3OS. The van der Waals surface area contributed by atoms with E-state index in [2.05, 4.69) is 16.6 Å². The highest BCUT2D eigenvalue weighted by Crippen LogP contribution is 2.50. The van der Waals surface area contributed by atoms with Gasteiger partial charge < -0.3 is 15.8 Å². The van der Waals surface area contributed by atoms with Crippen molar-refractivity contribution in [3.8, 4) is 5.75 Å². The molecule has 3 N–H and O–H groups in total. The van der Waals surface area contributed by atoms with Gasteiger partial charge in [-0.25, -0.2) is 0 Å². The molecule has 2 aliphatic rings. The van der Waals surface area contributed by atoms with Crippen LogP contribution in [-0.4, -0.2) is 16.5 Å². The molecule has 5 heteroatoms. The van der Waals surface area contributed by atoms with E-state index < -0.39 is 0 Å². The molecule has 20 heavy (non-hydrogen) atoms. The molecule has 4 unspecified atom stereocenters. The fourth-order valence-corrected chi connectivity index (χ4v) is 4.70.